The Morgan fingerprint density at radius 1 is 1.00 bits per heavy atom. The number of oxazole rings is 1. The van der Waals surface area contributed by atoms with Gasteiger partial charge in [-0.05, 0) is 56.4 Å². The first kappa shape index (κ1) is 16.5. The van der Waals surface area contributed by atoms with Gasteiger partial charge in [-0.25, -0.2) is 9.97 Å². The molecule has 0 spiro atoms. The van der Waals surface area contributed by atoms with Gasteiger partial charge in [0, 0.05) is 17.7 Å². The van der Waals surface area contributed by atoms with Crippen molar-refractivity contribution < 1.29 is 9.15 Å². The highest BCUT2D eigenvalue weighted by Crippen LogP contribution is 2.25. The lowest BCUT2D eigenvalue weighted by atomic mass is 10.1. The van der Waals surface area contributed by atoms with Crippen LogP contribution in [0, 0.1) is 20.8 Å². The quantitative estimate of drug-likeness (QED) is 0.693. The summed E-state index contributed by atoms with van der Waals surface area (Å²) in [4.78, 5) is 9.25. The number of aromatic nitrogens is 2. The van der Waals surface area contributed by atoms with Gasteiger partial charge >= 0.3 is 0 Å². The van der Waals surface area contributed by atoms with E-state index in [1.165, 1.54) is 5.56 Å². The first-order chi connectivity index (χ1) is 11.5. The Balaban J connectivity index is 1.88. The van der Waals surface area contributed by atoms with Crippen LogP contribution in [0.3, 0.4) is 0 Å². The lowest BCUT2D eigenvalue weighted by Crippen LogP contribution is -2.02. The minimum Gasteiger partial charge on any atom is -0.481 e. The molecule has 3 aromatic rings. The van der Waals surface area contributed by atoms with E-state index in [-0.39, 0.29) is 0 Å². The Kier molecular flexibility index (Phi) is 4.56. The van der Waals surface area contributed by atoms with Crippen molar-refractivity contribution in [3.8, 4) is 5.88 Å². The number of rotatable bonds is 5. The summed E-state index contributed by atoms with van der Waals surface area (Å²) in [5.41, 5.74) is 7.53. The number of pyridine rings is 1. The Hall–Kier alpha value is -2.36. The van der Waals surface area contributed by atoms with Crippen molar-refractivity contribution in [3.05, 3.63) is 52.0 Å². The predicted octanol–water partition coefficient (Wildman–Crippen LogP) is 4.50. The maximum Gasteiger partial charge on any atom is 0.216 e. The number of hydrogen-bond donors (Lipinski definition) is 0. The molecule has 2 aromatic heterocycles. The summed E-state index contributed by atoms with van der Waals surface area (Å²) in [6.45, 7) is 8.29. The summed E-state index contributed by atoms with van der Waals surface area (Å²) in [5.74, 6) is 1.47. The van der Waals surface area contributed by atoms with Gasteiger partial charge in [0.05, 0.1) is 7.11 Å². The number of nitrogens with zero attached hydrogens (tertiary/aromatic N) is 2. The van der Waals surface area contributed by atoms with E-state index in [1.807, 2.05) is 6.92 Å². The van der Waals surface area contributed by atoms with Crippen molar-refractivity contribution in [1.29, 1.82) is 0 Å². The smallest absolute Gasteiger partial charge is 0.216 e. The van der Waals surface area contributed by atoms with Crippen LogP contribution >= 0.6 is 0 Å². The first-order valence-electron chi connectivity index (χ1n) is 8.42. The highest BCUT2D eigenvalue weighted by molar-refractivity contribution is 5.79. The summed E-state index contributed by atoms with van der Waals surface area (Å²) in [6, 6.07) is 6.36. The molecule has 4 heteroatoms. The Labute approximate surface area is 142 Å². The maximum absolute atomic E-state index is 5.98. The van der Waals surface area contributed by atoms with Crippen LogP contribution < -0.4 is 4.74 Å². The van der Waals surface area contributed by atoms with Gasteiger partial charge in [-0.1, -0.05) is 19.1 Å². The third-order valence-electron chi connectivity index (χ3n) is 4.53. The summed E-state index contributed by atoms with van der Waals surface area (Å²) in [7, 11) is 1.67. The molecule has 0 amide bonds. The molecule has 0 saturated heterocycles. The topological polar surface area (TPSA) is 48.2 Å². The lowest BCUT2D eigenvalue weighted by Gasteiger charge is -2.11. The van der Waals surface area contributed by atoms with Crippen molar-refractivity contribution in [2.45, 2.75) is 47.0 Å². The van der Waals surface area contributed by atoms with E-state index in [4.69, 9.17) is 9.15 Å². The molecule has 0 saturated carbocycles. The first-order valence-corrected chi connectivity index (χ1v) is 8.42. The van der Waals surface area contributed by atoms with E-state index in [2.05, 4.69) is 48.9 Å². The van der Waals surface area contributed by atoms with Crippen molar-refractivity contribution in [3.63, 3.8) is 0 Å². The van der Waals surface area contributed by atoms with Crippen LogP contribution in [0.1, 0.15) is 40.8 Å². The highest BCUT2D eigenvalue weighted by Gasteiger charge is 2.13. The average Bonchev–Trinajstić information content (AvgIpc) is 3.02. The normalized spacial score (nSPS) is 11.2. The highest BCUT2D eigenvalue weighted by atomic mass is 16.5. The minimum absolute atomic E-state index is 0.702. The number of methoxy groups -OCH3 is 1. The van der Waals surface area contributed by atoms with Gasteiger partial charge in [0.1, 0.15) is 5.52 Å². The predicted molar refractivity (Wildman–Crippen MR) is 95.8 cm³/mol. The van der Waals surface area contributed by atoms with E-state index >= 15 is 0 Å². The van der Waals surface area contributed by atoms with Gasteiger partial charge in [-0.15, -0.1) is 0 Å². The van der Waals surface area contributed by atoms with Crippen LogP contribution in [0.5, 0.6) is 5.88 Å². The monoisotopic (exact) mass is 324 g/mol. The Morgan fingerprint density at radius 3 is 2.42 bits per heavy atom. The third kappa shape index (κ3) is 3.01. The molecule has 0 aliphatic rings. The van der Waals surface area contributed by atoms with Gasteiger partial charge < -0.3 is 9.15 Å². The van der Waals surface area contributed by atoms with Gasteiger partial charge in [0.2, 0.25) is 5.88 Å². The van der Waals surface area contributed by atoms with Gasteiger partial charge in [-0.2, -0.15) is 0 Å². The van der Waals surface area contributed by atoms with E-state index in [1.54, 1.807) is 7.11 Å². The number of hydrogen-bond acceptors (Lipinski definition) is 4. The second kappa shape index (κ2) is 6.63. The molecule has 0 bridgehead atoms. The molecule has 0 aliphatic carbocycles. The van der Waals surface area contributed by atoms with E-state index in [9.17, 15) is 0 Å². The molecule has 0 aliphatic heterocycles. The molecule has 24 heavy (non-hydrogen) atoms. The van der Waals surface area contributed by atoms with Crippen LogP contribution in [0.2, 0.25) is 0 Å². The molecule has 0 N–H and O–H groups in total. The zero-order chi connectivity index (χ0) is 17.3. The third-order valence-corrected chi connectivity index (χ3v) is 4.53. The molecule has 3 rings (SSSR count). The van der Waals surface area contributed by atoms with Crippen molar-refractivity contribution >= 4 is 11.1 Å². The van der Waals surface area contributed by atoms with Crippen molar-refractivity contribution in [1.82, 2.24) is 9.97 Å². The molecule has 0 radical (unpaired) electrons. The zero-order valence-electron chi connectivity index (χ0n) is 15.1. The number of fused-ring (bicyclic) bond motifs is 1. The van der Waals surface area contributed by atoms with Gasteiger partial charge in [0.25, 0.3) is 0 Å². The van der Waals surface area contributed by atoms with Gasteiger partial charge in [0.15, 0.2) is 11.5 Å². The second-order valence-corrected chi connectivity index (χ2v) is 6.24. The molecular formula is C20H24N2O2. The van der Waals surface area contributed by atoms with Crippen molar-refractivity contribution in [2.75, 3.05) is 7.11 Å². The molecule has 0 unspecified atom stereocenters. The summed E-state index contributed by atoms with van der Waals surface area (Å²) in [5, 5.41) is 0. The summed E-state index contributed by atoms with van der Waals surface area (Å²) >= 11 is 0. The standard InChI is InChI=1S/C20H24N2O2/c1-6-15-11-16(20(23-5)21-14(15)4)9-10-17-22-18-12(2)7-8-13(3)19(18)24-17/h7-8,11H,6,9-10H2,1-5H3. The molecule has 2 heterocycles. The zero-order valence-corrected chi connectivity index (χ0v) is 15.1. The molecule has 0 atom stereocenters. The van der Waals surface area contributed by atoms with E-state index in [0.717, 1.165) is 58.6 Å². The van der Waals surface area contributed by atoms with Crippen LogP contribution in [0.15, 0.2) is 22.6 Å². The van der Waals surface area contributed by atoms with Crippen LogP contribution in [0.4, 0.5) is 0 Å². The Bertz CT molecular complexity index is 842. The second-order valence-electron chi connectivity index (χ2n) is 6.24. The average molecular weight is 324 g/mol. The fourth-order valence-electron chi connectivity index (χ4n) is 3.04. The fourth-order valence-corrected chi connectivity index (χ4v) is 3.04. The number of aryl methyl sites for hydroxylation is 6. The minimum atomic E-state index is 0.702. The van der Waals surface area contributed by atoms with Crippen LogP contribution in [0.25, 0.3) is 11.1 Å². The molecule has 126 valence electrons. The summed E-state index contributed by atoms with van der Waals surface area (Å²) in [6.07, 6.45) is 2.50. The molecule has 4 nitrogen and oxygen atoms in total. The van der Waals surface area contributed by atoms with Crippen LogP contribution in [-0.4, -0.2) is 17.1 Å². The van der Waals surface area contributed by atoms with E-state index < -0.39 is 0 Å². The van der Waals surface area contributed by atoms with Gasteiger partial charge in [-0.3, -0.25) is 0 Å². The van der Waals surface area contributed by atoms with Crippen LogP contribution in [-0.2, 0) is 19.3 Å². The molecule has 0 fully saturated rings. The number of benzene rings is 1. The largest absolute Gasteiger partial charge is 0.481 e. The Morgan fingerprint density at radius 2 is 1.75 bits per heavy atom. The molecule has 1 aromatic carbocycles. The maximum atomic E-state index is 5.98. The SMILES string of the molecule is CCc1cc(CCc2nc3c(C)ccc(C)c3o2)c(OC)nc1C. The fraction of sp³-hybridized carbons (Fsp3) is 0.400. The van der Waals surface area contributed by atoms with E-state index in [0.29, 0.717) is 5.88 Å². The lowest BCUT2D eigenvalue weighted by molar-refractivity contribution is 0.390. The summed E-state index contributed by atoms with van der Waals surface area (Å²) < 4.78 is 11.4. The number of ether oxygens (including phenoxy) is 1. The molecular weight excluding hydrogens is 300 g/mol. The van der Waals surface area contributed by atoms with Crippen molar-refractivity contribution in [2.24, 2.45) is 0 Å².